The lowest BCUT2D eigenvalue weighted by molar-refractivity contribution is -0.294. The van der Waals surface area contributed by atoms with Crippen LogP contribution >= 0.6 is 27.3 Å². The quantitative estimate of drug-likeness (QED) is 0.317. The number of thiazole rings is 1. The number of rotatable bonds is 8. The Morgan fingerprint density at radius 2 is 2.00 bits per heavy atom. The molecule has 0 unspecified atom stereocenters. The number of likely N-dealkylation sites (tertiary alicyclic amines) is 1. The van der Waals surface area contributed by atoms with Gasteiger partial charge in [-0.15, -0.1) is 24.5 Å². The smallest absolute Gasteiger partial charge is 0.497 e. The predicted molar refractivity (Wildman–Crippen MR) is 139 cm³/mol. The van der Waals surface area contributed by atoms with Crippen molar-refractivity contribution < 1.29 is 40.2 Å². The number of amides is 1. The second kappa shape index (κ2) is 11.6. The predicted octanol–water partition coefficient (Wildman–Crippen LogP) is 5.59. The zero-order chi connectivity index (χ0) is 28.4. The molecule has 0 saturated carbocycles. The van der Waals surface area contributed by atoms with E-state index < -0.39 is 39.2 Å². The fourth-order valence-corrected chi connectivity index (χ4v) is 6.59. The van der Waals surface area contributed by atoms with Gasteiger partial charge in [-0.25, -0.2) is 26.9 Å². The van der Waals surface area contributed by atoms with E-state index in [2.05, 4.69) is 31.0 Å². The van der Waals surface area contributed by atoms with Gasteiger partial charge in [0.1, 0.15) is 16.5 Å². The van der Waals surface area contributed by atoms with Crippen LogP contribution in [0.3, 0.4) is 0 Å². The van der Waals surface area contributed by atoms with Crippen LogP contribution < -0.4 is 14.4 Å². The van der Waals surface area contributed by atoms with Crippen molar-refractivity contribution in [1.82, 2.24) is 9.88 Å². The maximum absolute atomic E-state index is 15.3. The Morgan fingerprint density at radius 1 is 1.28 bits per heavy atom. The summed E-state index contributed by atoms with van der Waals surface area (Å²) in [6.07, 6.45) is -6.37. The fourth-order valence-electron chi connectivity index (χ4n) is 3.90. The van der Waals surface area contributed by atoms with Gasteiger partial charge in [0.05, 0.1) is 24.9 Å². The van der Waals surface area contributed by atoms with Crippen LogP contribution in [0.5, 0.6) is 5.75 Å². The van der Waals surface area contributed by atoms with E-state index >= 15 is 4.39 Å². The van der Waals surface area contributed by atoms with Crippen LogP contribution in [0.1, 0.15) is 12.0 Å². The molecule has 1 aromatic heterocycles. The monoisotopic (exact) mass is 652 g/mol. The molecule has 16 heteroatoms. The normalized spacial score (nSPS) is 15.7. The largest absolute Gasteiger partial charge is 0.576 e. The molecule has 0 aliphatic carbocycles. The highest BCUT2D eigenvalue weighted by Crippen LogP contribution is 2.34. The molecule has 0 spiro atoms. The summed E-state index contributed by atoms with van der Waals surface area (Å²) >= 11 is 4.43. The van der Waals surface area contributed by atoms with E-state index in [4.69, 9.17) is 4.74 Å². The first-order valence-electron chi connectivity index (χ1n) is 11.2. The van der Waals surface area contributed by atoms with Crippen molar-refractivity contribution in [3.63, 3.8) is 0 Å². The average molecular weight is 653 g/mol. The summed E-state index contributed by atoms with van der Waals surface area (Å²) in [5.74, 6) is -0.352. The number of anilines is 2. The molecule has 1 saturated heterocycles. The number of aromatic nitrogens is 1. The van der Waals surface area contributed by atoms with Gasteiger partial charge in [0, 0.05) is 29.0 Å². The maximum Gasteiger partial charge on any atom is 0.576 e. The molecule has 1 fully saturated rings. The van der Waals surface area contributed by atoms with E-state index in [0.717, 1.165) is 21.3 Å². The summed E-state index contributed by atoms with van der Waals surface area (Å²) in [6, 6.07) is 8.26. The molecule has 4 rings (SSSR count). The molecule has 2 aromatic carbocycles. The van der Waals surface area contributed by atoms with Crippen molar-refractivity contribution >= 4 is 54.9 Å². The van der Waals surface area contributed by atoms with E-state index in [0.29, 0.717) is 11.3 Å². The molecule has 1 amide bonds. The molecule has 2 heterocycles. The molecular weight excluding hydrogens is 632 g/mol. The number of hydrogen-bond donors (Lipinski definition) is 1. The summed E-state index contributed by atoms with van der Waals surface area (Å²) in [6.45, 7) is -0.255. The van der Waals surface area contributed by atoms with Crippen molar-refractivity contribution in [1.29, 1.82) is 0 Å². The maximum atomic E-state index is 15.3. The van der Waals surface area contributed by atoms with E-state index in [1.54, 1.807) is 24.3 Å². The minimum Gasteiger partial charge on any atom is -0.497 e. The van der Waals surface area contributed by atoms with Crippen LogP contribution in [-0.4, -0.2) is 57.0 Å². The van der Waals surface area contributed by atoms with Crippen LogP contribution in [0, 0.1) is 5.82 Å². The Balaban J connectivity index is 1.55. The lowest BCUT2D eigenvalue weighted by atomic mass is 10.2. The third-order valence-electron chi connectivity index (χ3n) is 5.76. The number of carbonyl (C=O) groups excluding carboxylic acids is 1. The summed E-state index contributed by atoms with van der Waals surface area (Å²) in [5.41, 5.74) is 2.23. The van der Waals surface area contributed by atoms with Crippen molar-refractivity contribution in [2.75, 3.05) is 29.8 Å². The molecule has 1 atom stereocenters. The van der Waals surface area contributed by atoms with Crippen LogP contribution in [0.4, 0.5) is 33.9 Å². The van der Waals surface area contributed by atoms with E-state index in [-0.39, 0.29) is 42.0 Å². The number of benzene rings is 2. The molecule has 39 heavy (non-hydrogen) atoms. The Bertz CT molecular complexity index is 1420. The second-order valence-corrected chi connectivity index (χ2v) is 11.8. The summed E-state index contributed by atoms with van der Waals surface area (Å²) in [4.78, 5) is 16.0. The highest BCUT2D eigenvalue weighted by atomic mass is 79.9. The Hall–Kier alpha value is -3.11. The number of ether oxygens (including phenoxy) is 2. The SMILES string of the molecule is COc1ccc(CN(c2cscn2)S(=O)(=O)c2cc(Br)c(N[C@H]3CCN(C(=O)OC(F)(F)F)C3)cc2F)cc1. The van der Waals surface area contributed by atoms with Gasteiger partial charge in [-0.2, -0.15) is 0 Å². The van der Waals surface area contributed by atoms with Crippen LogP contribution in [0.15, 0.2) is 56.7 Å². The lowest BCUT2D eigenvalue weighted by Gasteiger charge is -2.24. The first-order chi connectivity index (χ1) is 18.4. The third kappa shape index (κ3) is 6.91. The number of methoxy groups -OCH3 is 1. The van der Waals surface area contributed by atoms with Crippen molar-refractivity contribution in [3.05, 3.63) is 63.1 Å². The highest BCUT2D eigenvalue weighted by Gasteiger charge is 2.38. The van der Waals surface area contributed by atoms with Gasteiger partial charge in [0.15, 0.2) is 5.82 Å². The van der Waals surface area contributed by atoms with Gasteiger partial charge in [-0.3, -0.25) is 0 Å². The van der Waals surface area contributed by atoms with E-state index in [1.807, 2.05) is 0 Å². The van der Waals surface area contributed by atoms with Gasteiger partial charge >= 0.3 is 12.5 Å². The number of carbonyl (C=O) groups is 1. The van der Waals surface area contributed by atoms with E-state index in [1.165, 1.54) is 29.3 Å². The number of nitrogens with one attached hydrogen (secondary N) is 1. The first kappa shape index (κ1) is 28.9. The van der Waals surface area contributed by atoms with Crippen molar-refractivity contribution in [3.8, 4) is 5.75 Å². The zero-order valence-corrected chi connectivity index (χ0v) is 23.3. The molecule has 1 aliphatic heterocycles. The molecule has 0 bridgehead atoms. The minimum absolute atomic E-state index is 0.00684. The number of halogens is 5. The van der Waals surface area contributed by atoms with Gasteiger partial charge in [-0.1, -0.05) is 12.1 Å². The standard InChI is InChI=1S/C23H21BrF4N4O5S2/c1-36-16-4-2-14(3-5-16)10-32(21-12-38-13-29-21)39(34,35)20-8-17(24)19(9-18(20)25)30-15-6-7-31(11-15)22(33)37-23(26,27)28/h2-5,8-9,12-13,15,30H,6-7,10-11H2,1H3/t15-/m0/s1. The molecule has 1 aliphatic rings. The van der Waals surface area contributed by atoms with Gasteiger partial charge in [0.2, 0.25) is 0 Å². The second-order valence-electron chi connectivity index (χ2n) is 8.36. The van der Waals surface area contributed by atoms with Crippen LogP contribution in [-0.2, 0) is 21.3 Å². The van der Waals surface area contributed by atoms with Crippen LogP contribution in [0.2, 0.25) is 0 Å². The van der Waals surface area contributed by atoms with Gasteiger partial charge in [-0.05, 0) is 52.2 Å². The van der Waals surface area contributed by atoms with Crippen molar-refractivity contribution in [2.24, 2.45) is 0 Å². The Labute approximate surface area is 233 Å². The molecular formula is C23H21BrF4N4O5S2. The van der Waals surface area contributed by atoms with Crippen molar-refractivity contribution in [2.45, 2.75) is 30.3 Å². The molecule has 1 N–H and O–H groups in total. The summed E-state index contributed by atoms with van der Waals surface area (Å²) < 4.78 is 89.4. The topological polar surface area (TPSA) is 101 Å². The Kier molecular flexibility index (Phi) is 8.56. The van der Waals surface area contributed by atoms with Gasteiger partial charge < -0.3 is 19.7 Å². The zero-order valence-electron chi connectivity index (χ0n) is 20.1. The van der Waals surface area contributed by atoms with Gasteiger partial charge in [0.25, 0.3) is 10.0 Å². The Morgan fingerprint density at radius 3 is 2.62 bits per heavy atom. The number of alkyl halides is 3. The molecule has 210 valence electrons. The fraction of sp³-hybridized carbons (Fsp3) is 0.304. The number of nitrogens with zero attached hydrogens (tertiary/aromatic N) is 3. The summed E-state index contributed by atoms with van der Waals surface area (Å²) in [5, 5.41) is 4.46. The minimum atomic E-state index is -5.10. The summed E-state index contributed by atoms with van der Waals surface area (Å²) in [7, 11) is -2.93. The molecule has 3 aromatic rings. The highest BCUT2D eigenvalue weighted by molar-refractivity contribution is 9.10. The number of sulfonamides is 1. The third-order valence-corrected chi connectivity index (χ3v) is 8.75. The number of hydrogen-bond acceptors (Lipinski definition) is 8. The first-order valence-corrected chi connectivity index (χ1v) is 14.4. The molecule has 9 nitrogen and oxygen atoms in total. The van der Waals surface area contributed by atoms with Crippen LogP contribution in [0.25, 0.3) is 0 Å². The van der Waals surface area contributed by atoms with E-state index in [9.17, 15) is 26.4 Å². The lowest BCUT2D eigenvalue weighted by Crippen LogP contribution is -2.35. The molecule has 0 radical (unpaired) electrons. The average Bonchev–Trinajstić information content (AvgIpc) is 3.56.